The Balaban J connectivity index is 1.73. The van der Waals surface area contributed by atoms with Gasteiger partial charge < -0.3 is 4.74 Å². The molecule has 0 bridgehead atoms. The van der Waals surface area contributed by atoms with Crippen molar-refractivity contribution in [3.8, 4) is 10.0 Å². The first kappa shape index (κ1) is 13.3. The molecule has 1 saturated heterocycles. The van der Waals surface area contributed by atoms with E-state index in [1.165, 1.54) is 11.3 Å². The van der Waals surface area contributed by atoms with Gasteiger partial charge in [0.15, 0.2) is 15.8 Å². The first-order valence-electron chi connectivity index (χ1n) is 7.02. The molecule has 0 N–H and O–H groups in total. The molecule has 1 aliphatic rings. The lowest BCUT2D eigenvalue weighted by Gasteiger charge is -2.03. The van der Waals surface area contributed by atoms with Crippen LogP contribution in [0.5, 0.6) is 0 Å². The Hall–Kier alpha value is -1.38. The number of thiazole rings is 1. The second-order valence-corrected chi connectivity index (χ2v) is 7.21. The normalized spacial score (nSPS) is 19.1. The largest absolute Gasteiger partial charge is 0.370 e. The summed E-state index contributed by atoms with van der Waals surface area (Å²) >= 11 is 3.16. The molecular weight excluding hydrogens is 306 g/mol. The van der Waals surface area contributed by atoms with Gasteiger partial charge in [-0.05, 0) is 18.8 Å². The molecule has 1 fully saturated rings. The third kappa shape index (κ3) is 2.27. The summed E-state index contributed by atoms with van der Waals surface area (Å²) in [7, 11) is 0. The smallest absolute Gasteiger partial charge is 0.235 e. The molecule has 6 nitrogen and oxygen atoms in total. The maximum absolute atomic E-state index is 5.68. The van der Waals surface area contributed by atoms with Crippen LogP contribution in [-0.4, -0.2) is 31.4 Å². The fourth-order valence-electron chi connectivity index (χ4n) is 2.35. The van der Waals surface area contributed by atoms with E-state index < -0.39 is 0 Å². The van der Waals surface area contributed by atoms with Crippen molar-refractivity contribution in [3.05, 3.63) is 16.9 Å². The second kappa shape index (κ2) is 5.11. The first-order valence-corrected chi connectivity index (χ1v) is 8.71. The Morgan fingerprint density at radius 1 is 1.33 bits per heavy atom. The fraction of sp³-hybridized carbons (Fsp3) is 0.538. The minimum Gasteiger partial charge on any atom is -0.370 e. The van der Waals surface area contributed by atoms with E-state index in [0.717, 1.165) is 45.9 Å². The molecule has 4 rings (SSSR count). The molecule has 0 aliphatic carbocycles. The van der Waals surface area contributed by atoms with Gasteiger partial charge in [0.2, 0.25) is 4.96 Å². The van der Waals surface area contributed by atoms with Crippen molar-refractivity contribution >= 4 is 27.6 Å². The van der Waals surface area contributed by atoms with Gasteiger partial charge in [-0.1, -0.05) is 25.2 Å². The molecule has 0 saturated carbocycles. The van der Waals surface area contributed by atoms with Crippen LogP contribution in [0, 0.1) is 0 Å². The molecule has 0 unspecified atom stereocenters. The van der Waals surface area contributed by atoms with Crippen LogP contribution in [0.3, 0.4) is 0 Å². The molecule has 21 heavy (non-hydrogen) atoms. The van der Waals surface area contributed by atoms with Crippen molar-refractivity contribution in [1.82, 2.24) is 24.8 Å². The molecule has 1 aliphatic heterocycles. The predicted octanol–water partition coefficient (Wildman–Crippen LogP) is 3.28. The van der Waals surface area contributed by atoms with Gasteiger partial charge in [-0.3, -0.25) is 0 Å². The SMILES string of the molecule is CC(C)c1csc(-c2nn3c([C@@H]4CCCO4)nnc3s2)n1. The zero-order valence-electron chi connectivity index (χ0n) is 11.8. The second-order valence-electron chi connectivity index (χ2n) is 5.39. The minimum absolute atomic E-state index is 0.0254. The molecular formula is C13H15N5OS2. The van der Waals surface area contributed by atoms with Crippen LogP contribution in [-0.2, 0) is 4.74 Å². The molecule has 1 atom stereocenters. The van der Waals surface area contributed by atoms with Gasteiger partial charge in [-0.15, -0.1) is 21.5 Å². The van der Waals surface area contributed by atoms with E-state index in [-0.39, 0.29) is 6.10 Å². The van der Waals surface area contributed by atoms with Gasteiger partial charge >= 0.3 is 0 Å². The monoisotopic (exact) mass is 321 g/mol. The van der Waals surface area contributed by atoms with Crippen molar-refractivity contribution < 1.29 is 4.74 Å². The molecule has 0 spiro atoms. The fourth-order valence-corrected chi connectivity index (χ4v) is 4.21. The number of ether oxygens (including phenoxy) is 1. The lowest BCUT2D eigenvalue weighted by Crippen LogP contribution is -2.03. The molecule has 8 heteroatoms. The van der Waals surface area contributed by atoms with E-state index in [9.17, 15) is 0 Å². The number of hydrogen-bond donors (Lipinski definition) is 0. The van der Waals surface area contributed by atoms with Gasteiger partial charge in [0, 0.05) is 12.0 Å². The Labute approximate surface area is 129 Å². The van der Waals surface area contributed by atoms with Gasteiger partial charge in [-0.25, -0.2) is 4.98 Å². The van der Waals surface area contributed by atoms with Crippen molar-refractivity contribution in [3.63, 3.8) is 0 Å². The van der Waals surface area contributed by atoms with Crippen LogP contribution < -0.4 is 0 Å². The van der Waals surface area contributed by atoms with Crippen molar-refractivity contribution in [1.29, 1.82) is 0 Å². The summed E-state index contributed by atoms with van der Waals surface area (Å²) in [6, 6.07) is 0. The highest BCUT2D eigenvalue weighted by Crippen LogP contribution is 2.33. The lowest BCUT2D eigenvalue weighted by molar-refractivity contribution is 0.103. The zero-order chi connectivity index (χ0) is 14.4. The maximum atomic E-state index is 5.68. The van der Waals surface area contributed by atoms with Crippen LogP contribution >= 0.6 is 22.7 Å². The highest BCUT2D eigenvalue weighted by atomic mass is 32.1. The average Bonchev–Trinajstić information content (AvgIpc) is 3.21. The van der Waals surface area contributed by atoms with Gasteiger partial charge in [-0.2, -0.15) is 9.61 Å². The summed E-state index contributed by atoms with van der Waals surface area (Å²) in [6.45, 7) is 5.08. The number of hydrogen-bond acceptors (Lipinski definition) is 7. The summed E-state index contributed by atoms with van der Waals surface area (Å²) < 4.78 is 7.50. The Kier molecular flexibility index (Phi) is 3.24. The van der Waals surface area contributed by atoms with Gasteiger partial charge in [0.1, 0.15) is 6.10 Å². The standard InChI is InChI=1S/C13H15N5OS2/c1-7(2)8-6-20-11(14-8)12-17-18-10(9-4-3-5-19-9)15-16-13(18)21-12/h6-7,9H,3-5H2,1-2H3/t9-/m0/s1. The third-order valence-electron chi connectivity index (χ3n) is 3.53. The maximum Gasteiger partial charge on any atom is 0.235 e. The van der Waals surface area contributed by atoms with E-state index in [1.54, 1.807) is 11.3 Å². The zero-order valence-corrected chi connectivity index (χ0v) is 13.4. The van der Waals surface area contributed by atoms with Crippen LogP contribution in [0.15, 0.2) is 5.38 Å². The Bertz CT molecular complexity index is 769. The van der Waals surface area contributed by atoms with E-state index in [2.05, 4.69) is 39.5 Å². The summed E-state index contributed by atoms with van der Waals surface area (Å²) in [6.07, 6.45) is 2.08. The topological polar surface area (TPSA) is 65.2 Å². The number of fused-ring (bicyclic) bond motifs is 1. The van der Waals surface area contributed by atoms with Crippen LogP contribution in [0.2, 0.25) is 0 Å². The minimum atomic E-state index is 0.0254. The highest BCUT2D eigenvalue weighted by Gasteiger charge is 2.25. The summed E-state index contributed by atoms with van der Waals surface area (Å²) in [4.78, 5) is 5.46. The quantitative estimate of drug-likeness (QED) is 0.740. The van der Waals surface area contributed by atoms with Crippen LogP contribution in [0.1, 0.15) is 50.2 Å². The van der Waals surface area contributed by atoms with E-state index in [4.69, 9.17) is 4.74 Å². The molecule has 0 aromatic carbocycles. The Morgan fingerprint density at radius 2 is 2.24 bits per heavy atom. The molecule has 0 amide bonds. The van der Waals surface area contributed by atoms with Gasteiger partial charge in [0.05, 0.1) is 5.69 Å². The number of nitrogens with zero attached hydrogens (tertiary/aromatic N) is 5. The first-order chi connectivity index (χ1) is 10.2. The van der Waals surface area contributed by atoms with Crippen LogP contribution in [0.25, 0.3) is 15.0 Å². The van der Waals surface area contributed by atoms with E-state index in [0.29, 0.717) is 5.92 Å². The van der Waals surface area contributed by atoms with E-state index in [1.807, 2.05) is 4.52 Å². The highest BCUT2D eigenvalue weighted by molar-refractivity contribution is 7.23. The molecule has 110 valence electrons. The van der Waals surface area contributed by atoms with Gasteiger partial charge in [0.25, 0.3) is 0 Å². The van der Waals surface area contributed by atoms with Crippen molar-refractivity contribution in [2.75, 3.05) is 6.61 Å². The lowest BCUT2D eigenvalue weighted by atomic mass is 10.2. The summed E-state index contributed by atoms with van der Waals surface area (Å²) in [5.41, 5.74) is 1.11. The van der Waals surface area contributed by atoms with E-state index >= 15 is 0 Å². The molecule has 4 heterocycles. The molecule has 3 aromatic heterocycles. The molecule has 3 aromatic rings. The Morgan fingerprint density at radius 3 is 2.95 bits per heavy atom. The molecule has 0 radical (unpaired) electrons. The summed E-state index contributed by atoms with van der Waals surface area (Å²) in [5.74, 6) is 1.24. The third-order valence-corrected chi connectivity index (χ3v) is 5.43. The van der Waals surface area contributed by atoms with Crippen molar-refractivity contribution in [2.24, 2.45) is 0 Å². The summed E-state index contributed by atoms with van der Waals surface area (Å²) in [5, 5.41) is 17.0. The average molecular weight is 321 g/mol. The number of rotatable bonds is 3. The number of aromatic nitrogens is 5. The van der Waals surface area contributed by atoms with Crippen LogP contribution in [0.4, 0.5) is 0 Å². The predicted molar refractivity (Wildman–Crippen MR) is 81.8 cm³/mol. The van der Waals surface area contributed by atoms with Crippen molar-refractivity contribution in [2.45, 2.75) is 38.7 Å².